The molecule has 2 bridgehead atoms. The first kappa shape index (κ1) is 62.5. The Kier molecular flexibility index (Phi) is 18.0. The van der Waals surface area contributed by atoms with Gasteiger partial charge in [0.25, 0.3) is 0 Å². The molecular weight excluding hydrogens is 1040 g/mol. The van der Waals surface area contributed by atoms with Gasteiger partial charge < -0.3 is 104 Å². The molecule has 0 aromatic rings. The topological polar surface area (TPSA) is 360 Å². The van der Waals surface area contributed by atoms with E-state index in [9.17, 15) is 70.6 Å². The Morgan fingerprint density at radius 1 is 0.769 bits per heavy atom. The maximum absolute atomic E-state index is 13.6. The average Bonchev–Trinajstić information content (AvgIpc) is 3.34. The van der Waals surface area contributed by atoms with Gasteiger partial charge in [-0.1, -0.05) is 53.2 Å². The van der Waals surface area contributed by atoms with E-state index in [0.29, 0.717) is 44.9 Å². The van der Waals surface area contributed by atoms with Crippen molar-refractivity contribution in [2.45, 2.75) is 224 Å². The molecular formula is C54H83NaO23. The van der Waals surface area contributed by atoms with E-state index in [4.69, 9.17) is 42.6 Å². The van der Waals surface area contributed by atoms with Crippen LogP contribution in [0.4, 0.5) is 0 Å². The van der Waals surface area contributed by atoms with Gasteiger partial charge in [0.05, 0.1) is 61.5 Å². The van der Waals surface area contributed by atoms with Crippen LogP contribution in [0.5, 0.6) is 0 Å². The fourth-order valence-corrected chi connectivity index (χ4v) is 16.5. The van der Waals surface area contributed by atoms with E-state index in [2.05, 4.69) is 40.7 Å². The number of carboxylic acids is 1. The molecule has 4 saturated carbocycles. The third-order valence-corrected chi connectivity index (χ3v) is 21.3. The van der Waals surface area contributed by atoms with Crippen molar-refractivity contribution in [1.29, 1.82) is 0 Å². The predicted octanol–water partition coefficient (Wildman–Crippen LogP) is -4.92. The van der Waals surface area contributed by atoms with E-state index in [1.54, 1.807) is 13.8 Å². The molecule has 0 aromatic heterocycles. The second kappa shape index (κ2) is 22.5. The van der Waals surface area contributed by atoms with Crippen LogP contribution in [-0.4, -0.2) is 212 Å². The van der Waals surface area contributed by atoms with Gasteiger partial charge in [0.2, 0.25) is 0 Å². The van der Waals surface area contributed by atoms with Gasteiger partial charge in [-0.2, -0.15) is 0 Å². The number of allylic oxidation sites excluding steroid dienone is 2. The summed E-state index contributed by atoms with van der Waals surface area (Å²) in [4.78, 5) is 38.3. The first-order valence-electron chi connectivity index (χ1n) is 27.4. The molecule has 0 spiro atoms. The molecule has 8 fully saturated rings. The summed E-state index contributed by atoms with van der Waals surface area (Å²) in [7, 11) is 0. The molecule has 9 rings (SSSR count). The summed E-state index contributed by atoms with van der Waals surface area (Å²) in [5.41, 5.74) is -2.45. The van der Waals surface area contributed by atoms with E-state index in [0.717, 1.165) is 0 Å². The number of esters is 2. The van der Waals surface area contributed by atoms with Crippen molar-refractivity contribution in [1.82, 2.24) is 0 Å². The van der Waals surface area contributed by atoms with Crippen molar-refractivity contribution in [2.24, 2.45) is 56.2 Å². The monoisotopic (exact) mass is 1120 g/mol. The van der Waals surface area contributed by atoms with Crippen molar-refractivity contribution >= 4 is 17.9 Å². The van der Waals surface area contributed by atoms with Gasteiger partial charge in [-0.3, -0.25) is 9.59 Å². The number of hydrogen-bond donors (Lipinski definition) is 10. The van der Waals surface area contributed by atoms with Crippen LogP contribution in [0, 0.1) is 56.2 Å². The molecule has 5 aliphatic carbocycles. The summed E-state index contributed by atoms with van der Waals surface area (Å²) in [6.07, 6.45) is -23.3. The van der Waals surface area contributed by atoms with Crippen molar-refractivity contribution in [3.8, 4) is 0 Å². The number of carbonyl (C=O) groups excluding carboxylic acids is 3. The van der Waals surface area contributed by atoms with Crippen LogP contribution >= 0.6 is 0 Å². The Morgan fingerprint density at radius 2 is 1.44 bits per heavy atom. The molecule has 9 aliphatic rings. The summed E-state index contributed by atoms with van der Waals surface area (Å²) in [5, 5.41) is 123. The molecule has 0 amide bonds. The SMILES string of the molecule is CC(=O)OC(C)C(C)C(=O)OC[C@@]12[C@H]3C[C@]4(C)C(=CC[C@@H]5[C@@]6(C)CC[C@H](O[C@@H]7O[C@H](C(=O)[O-])[C@@H](O[C@@H]8O[C@H](CO)[C@@H](O)[C@H](O)[C@H]8O)[C@H](O)[C@H]7O[C@@H]7OC[C@@H](O)[C@H](O)[C@H]7O)[C@@](C)(CO)[C@@H]6CC[C@]54C)[C@@H]1CC(C)(C)[C@H](O3)[C@@H]2O.[Na+]. The van der Waals surface area contributed by atoms with Gasteiger partial charge in [-0.25, -0.2) is 0 Å². The van der Waals surface area contributed by atoms with Crippen LogP contribution in [0.15, 0.2) is 11.6 Å². The number of fused-ring (bicyclic) bond motifs is 7. The number of hydrogen-bond acceptors (Lipinski definition) is 23. The van der Waals surface area contributed by atoms with E-state index >= 15 is 0 Å². The smallest absolute Gasteiger partial charge is 0.547 e. The molecule has 4 heterocycles. The van der Waals surface area contributed by atoms with Crippen molar-refractivity contribution in [2.75, 3.05) is 26.4 Å². The molecule has 4 saturated heterocycles. The van der Waals surface area contributed by atoms with Gasteiger partial charge in [-0.05, 0) is 98.2 Å². The molecule has 10 N–H and O–H groups in total. The van der Waals surface area contributed by atoms with Crippen LogP contribution in [0.1, 0.15) is 107 Å². The average molecular weight is 1120 g/mol. The van der Waals surface area contributed by atoms with E-state index in [-0.39, 0.29) is 59.3 Å². The number of ether oxygens (including phenoxy) is 9. The van der Waals surface area contributed by atoms with Gasteiger partial charge in [0, 0.05) is 12.3 Å². The standard InChI is InChI=1S/C54H84O23.Na/c1-22(23(2)71-24(3)57)45(68)70-21-54-26-16-49(4,5)43(42(54)65)73-32(54)17-53(9)25(26)10-11-30-50(6)14-13-31(51(7,20-56)29(50)12-15-52(30,53)8)74-48-40(76-46-36(62)33(59)27(58)19-69-46)38(64)39(41(77-48)44(66)67)75-47-37(63)35(61)34(60)28(18-55)72-47;/h10,22-23,26-43,46-48,55-56,58-65H,11-21H2,1-9H3,(H,66,67);/q;+1/p-1/t22?,23?,26-,27+,28+,29+,30+,31-,32+,33-,34+,35-,36+,37+,38-,39-,40+,41-,42-,43+,46-,47-,48+,50-,51-,52+,53+,54-;/m0./s1. The Bertz CT molecular complexity index is 2240. The van der Waals surface area contributed by atoms with Gasteiger partial charge in [0.1, 0.15) is 79.9 Å². The first-order chi connectivity index (χ1) is 36.0. The zero-order valence-corrected chi connectivity index (χ0v) is 48.4. The fraction of sp³-hybridized carbons (Fsp3) is 0.907. The van der Waals surface area contributed by atoms with Crippen LogP contribution < -0.4 is 34.7 Å². The molecule has 0 aromatic carbocycles. The molecule has 28 atom stereocenters. The maximum Gasteiger partial charge on any atom is 1.00 e. The second-order valence-corrected chi connectivity index (χ2v) is 25.8. The number of aliphatic hydroxyl groups is 10. The van der Waals surface area contributed by atoms with E-state index in [1.807, 2.05) is 6.92 Å². The van der Waals surface area contributed by atoms with Crippen molar-refractivity contribution in [3.63, 3.8) is 0 Å². The number of carbonyl (C=O) groups is 3. The zero-order valence-electron chi connectivity index (χ0n) is 46.4. The van der Waals surface area contributed by atoms with E-state index in [1.165, 1.54) is 12.5 Å². The summed E-state index contributed by atoms with van der Waals surface area (Å²) in [5.74, 6) is -4.10. The summed E-state index contributed by atoms with van der Waals surface area (Å²) < 4.78 is 54.1. The minimum Gasteiger partial charge on any atom is -0.547 e. The van der Waals surface area contributed by atoms with Gasteiger partial charge in [0.15, 0.2) is 18.9 Å². The molecule has 4 aliphatic heterocycles. The van der Waals surface area contributed by atoms with Crippen LogP contribution in [0.3, 0.4) is 0 Å². The Hall–Kier alpha value is -1.53. The second-order valence-electron chi connectivity index (χ2n) is 25.8. The van der Waals surface area contributed by atoms with Crippen molar-refractivity contribution in [3.05, 3.63) is 11.6 Å². The molecule has 2 unspecified atom stereocenters. The molecule has 438 valence electrons. The predicted molar refractivity (Wildman–Crippen MR) is 258 cm³/mol. The van der Waals surface area contributed by atoms with E-state index < -0.39 is 187 Å². The Labute approximate surface area is 476 Å². The molecule has 23 nitrogen and oxygen atoms in total. The van der Waals surface area contributed by atoms with Crippen LogP contribution in [0.2, 0.25) is 0 Å². The molecule has 0 radical (unpaired) electrons. The quantitative estimate of drug-likeness (QED) is 0.0337. The summed E-state index contributed by atoms with van der Waals surface area (Å²) >= 11 is 0. The maximum atomic E-state index is 13.6. The Morgan fingerprint density at radius 3 is 2.08 bits per heavy atom. The largest absolute Gasteiger partial charge is 1.00 e. The zero-order chi connectivity index (χ0) is 56.4. The van der Waals surface area contributed by atoms with Gasteiger partial charge in [-0.15, -0.1) is 0 Å². The third kappa shape index (κ3) is 9.81. The van der Waals surface area contributed by atoms with Crippen molar-refractivity contribution < 1.29 is 143 Å². The fourth-order valence-electron chi connectivity index (χ4n) is 16.5. The minimum atomic E-state index is -2.20. The van der Waals surface area contributed by atoms with Crippen LogP contribution in [0.25, 0.3) is 0 Å². The Balaban J connectivity index is 0.00000803. The molecule has 24 heteroatoms. The number of aliphatic hydroxyl groups excluding tert-OH is 10. The van der Waals surface area contributed by atoms with Gasteiger partial charge >= 0.3 is 41.5 Å². The third-order valence-electron chi connectivity index (χ3n) is 21.3. The summed E-state index contributed by atoms with van der Waals surface area (Å²) in [6, 6.07) is 0. The molecule has 78 heavy (non-hydrogen) atoms. The first-order valence-corrected chi connectivity index (χ1v) is 27.4. The number of rotatable bonds is 14. The minimum absolute atomic E-state index is 0. The number of aliphatic carboxylic acids is 1. The normalized spacial score (nSPS) is 51.0. The summed E-state index contributed by atoms with van der Waals surface area (Å²) in [6.45, 7) is 15.8. The van der Waals surface area contributed by atoms with Crippen LogP contribution in [-0.2, 0) is 57.0 Å². The number of carboxylic acid groups (broad SMARTS) is 1.